The maximum absolute atomic E-state index is 11.5. The van der Waals surface area contributed by atoms with Crippen LogP contribution >= 0.6 is 0 Å². The first kappa shape index (κ1) is 12.7. The molecule has 0 bridgehead atoms. The number of hydrogen-bond donors (Lipinski definition) is 1. The van der Waals surface area contributed by atoms with Crippen LogP contribution in [0.1, 0.15) is 27.9 Å². The molecular weight excluding hydrogens is 250 g/mol. The Bertz CT molecular complexity index is 664. The highest BCUT2D eigenvalue weighted by Gasteiger charge is 2.22. The van der Waals surface area contributed by atoms with E-state index in [1.807, 2.05) is 31.2 Å². The second kappa shape index (κ2) is 5.00. The SMILES string of the molecule is Cc1ccc(N2CCCc3ccccc32)c(C(=O)O)c1. The molecule has 0 amide bonds. The molecule has 1 N–H and O–H groups in total. The summed E-state index contributed by atoms with van der Waals surface area (Å²) in [5, 5.41) is 9.44. The molecule has 1 aliphatic heterocycles. The first-order valence-corrected chi connectivity index (χ1v) is 6.86. The van der Waals surface area contributed by atoms with E-state index in [1.165, 1.54) is 5.56 Å². The average molecular weight is 267 g/mol. The van der Waals surface area contributed by atoms with Crippen molar-refractivity contribution in [2.45, 2.75) is 19.8 Å². The zero-order valence-electron chi connectivity index (χ0n) is 11.5. The van der Waals surface area contributed by atoms with Gasteiger partial charge in [-0.1, -0.05) is 29.8 Å². The van der Waals surface area contributed by atoms with E-state index >= 15 is 0 Å². The zero-order valence-corrected chi connectivity index (χ0v) is 11.5. The lowest BCUT2D eigenvalue weighted by Crippen LogP contribution is -2.26. The number of fused-ring (bicyclic) bond motifs is 1. The van der Waals surface area contributed by atoms with Gasteiger partial charge in [-0.15, -0.1) is 0 Å². The van der Waals surface area contributed by atoms with E-state index in [9.17, 15) is 9.90 Å². The van der Waals surface area contributed by atoms with Crippen molar-refractivity contribution in [2.24, 2.45) is 0 Å². The molecule has 0 saturated heterocycles. The van der Waals surface area contributed by atoms with Gasteiger partial charge in [-0.2, -0.15) is 0 Å². The number of carbonyl (C=O) groups is 1. The highest BCUT2D eigenvalue weighted by atomic mass is 16.4. The predicted molar refractivity (Wildman–Crippen MR) is 79.9 cm³/mol. The second-order valence-corrected chi connectivity index (χ2v) is 5.21. The van der Waals surface area contributed by atoms with Gasteiger partial charge in [0.15, 0.2) is 0 Å². The second-order valence-electron chi connectivity index (χ2n) is 5.21. The van der Waals surface area contributed by atoms with Crippen molar-refractivity contribution in [1.29, 1.82) is 0 Å². The standard InChI is InChI=1S/C17H17NO2/c1-12-8-9-16(14(11-12)17(19)20)18-10-4-6-13-5-2-3-7-15(13)18/h2-3,5,7-9,11H,4,6,10H2,1H3,(H,19,20). The topological polar surface area (TPSA) is 40.5 Å². The number of nitrogens with zero attached hydrogens (tertiary/aromatic N) is 1. The number of benzene rings is 2. The summed E-state index contributed by atoms with van der Waals surface area (Å²) >= 11 is 0. The van der Waals surface area contributed by atoms with Gasteiger partial charge in [-0.05, 0) is 43.5 Å². The fraction of sp³-hybridized carbons (Fsp3) is 0.235. The van der Waals surface area contributed by atoms with Crippen LogP contribution in [-0.4, -0.2) is 17.6 Å². The lowest BCUT2D eigenvalue weighted by Gasteiger charge is -2.32. The molecule has 1 heterocycles. The van der Waals surface area contributed by atoms with Gasteiger partial charge in [-0.25, -0.2) is 4.79 Å². The highest BCUT2D eigenvalue weighted by molar-refractivity contribution is 5.96. The van der Waals surface area contributed by atoms with Crippen molar-refractivity contribution in [3.05, 3.63) is 59.2 Å². The quantitative estimate of drug-likeness (QED) is 0.900. The van der Waals surface area contributed by atoms with Gasteiger partial charge in [0.25, 0.3) is 0 Å². The van der Waals surface area contributed by atoms with Gasteiger partial charge in [0.05, 0.1) is 11.3 Å². The fourth-order valence-corrected chi connectivity index (χ4v) is 2.84. The van der Waals surface area contributed by atoms with Crippen LogP contribution in [0.3, 0.4) is 0 Å². The molecule has 0 aliphatic carbocycles. The number of anilines is 2. The average Bonchev–Trinajstić information content (AvgIpc) is 2.46. The molecule has 1 aliphatic rings. The minimum atomic E-state index is -0.869. The Hall–Kier alpha value is -2.29. The summed E-state index contributed by atoms with van der Waals surface area (Å²) in [5.74, 6) is -0.869. The van der Waals surface area contributed by atoms with Crippen LogP contribution in [0.5, 0.6) is 0 Å². The van der Waals surface area contributed by atoms with E-state index in [1.54, 1.807) is 6.07 Å². The molecule has 0 saturated carbocycles. The third kappa shape index (κ3) is 2.16. The first-order chi connectivity index (χ1) is 9.66. The molecule has 102 valence electrons. The lowest BCUT2D eigenvalue weighted by atomic mass is 9.99. The Morgan fingerprint density at radius 2 is 1.95 bits per heavy atom. The summed E-state index contributed by atoms with van der Waals surface area (Å²) in [6.07, 6.45) is 2.10. The molecular formula is C17H17NO2. The third-order valence-electron chi connectivity index (χ3n) is 3.78. The number of para-hydroxylation sites is 1. The summed E-state index contributed by atoms with van der Waals surface area (Å²) in [6, 6.07) is 13.9. The monoisotopic (exact) mass is 267 g/mol. The van der Waals surface area contributed by atoms with Crippen molar-refractivity contribution in [3.63, 3.8) is 0 Å². The van der Waals surface area contributed by atoms with Gasteiger partial charge in [-0.3, -0.25) is 0 Å². The summed E-state index contributed by atoms with van der Waals surface area (Å²) in [5.41, 5.74) is 4.55. The normalized spacial score (nSPS) is 13.9. The van der Waals surface area contributed by atoms with Crippen LogP contribution in [0, 0.1) is 6.92 Å². The lowest BCUT2D eigenvalue weighted by molar-refractivity contribution is 0.0697. The van der Waals surface area contributed by atoms with Crippen molar-refractivity contribution in [1.82, 2.24) is 0 Å². The Labute approximate surface area is 118 Å². The maximum atomic E-state index is 11.5. The van der Waals surface area contributed by atoms with E-state index in [0.29, 0.717) is 5.56 Å². The molecule has 20 heavy (non-hydrogen) atoms. The molecule has 0 unspecified atom stereocenters. The van der Waals surface area contributed by atoms with E-state index in [-0.39, 0.29) is 0 Å². The summed E-state index contributed by atoms with van der Waals surface area (Å²) in [4.78, 5) is 13.6. The molecule has 0 aromatic heterocycles. The van der Waals surface area contributed by atoms with Crippen LogP contribution in [0.15, 0.2) is 42.5 Å². The molecule has 3 heteroatoms. The molecule has 2 aromatic rings. The van der Waals surface area contributed by atoms with E-state index in [0.717, 1.165) is 36.3 Å². The summed E-state index contributed by atoms with van der Waals surface area (Å²) in [6.45, 7) is 2.78. The van der Waals surface area contributed by atoms with Crippen LogP contribution < -0.4 is 4.90 Å². The van der Waals surface area contributed by atoms with Crippen LogP contribution in [0.4, 0.5) is 11.4 Å². The highest BCUT2D eigenvalue weighted by Crippen LogP contribution is 2.35. The van der Waals surface area contributed by atoms with Crippen molar-refractivity contribution in [2.75, 3.05) is 11.4 Å². The van der Waals surface area contributed by atoms with E-state index in [4.69, 9.17) is 0 Å². The number of carboxylic acids is 1. The molecule has 0 radical (unpaired) electrons. The molecule has 3 rings (SSSR count). The first-order valence-electron chi connectivity index (χ1n) is 6.86. The number of hydrogen-bond acceptors (Lipinski definition) is 2. The maximum Gasteiger partial charge on any atom is 0.337 e. The van der Waals surface area contributed by atoms with Crippen molar-refractivity contribution in [3.8, 4) is 0 Å². The van der Waals surface area contributed by atoms with Crippen LogP contribution in [0.25, 0.3) is 0 Å². The van der Waals surface area contributed by atoms with Crippen LogP contribution in [0.2, 0.25) is 0 Å². The predicted octanol–water partition coefficient (Wildman–Crippen LogP) is 3.78. The number of aryl methyl sites for hydroxylation is 2. The number of carboxylic acid groups (broad SMARTS) is 1. The molecule has 3 nitrogen and oxygen atoms in total. The molecule has 0 fully saturated rings. The smallest absolute Gasteiger partial charge is 0.337 e. The molecule has 2 aromatic carbocycles. The molecule has 0 atom stereocenters. The van der Waals surface area contributed by atoms with Gasteiger partial charge >= 0.3 is 5.97 Å². The minimum absolute atomic E-state index is 0.377. The van der Waals surface area contributed by atoms with Crippen LogP contribution in [-0.2, 0) is 6.42 Å². The van der Waals surface area contributed by atoms with Crippen molar-refractivity contribution >= 4 is 17.3 Å². The fourth-order valence-electron chi connectivity index (χ4n) is 2.84. The zero-order chi connectivity index (χ0) is 14.1. The number of rotatable bonds is 2. The minimum Gasteiger partial charge on any atom is -0.478 e. The van der Waals surface area contributed by atoms with Gasteiger partial charge in [0.2, 0.25) is 0 Å². The van der Waals surface area contributed by atoms with Gasteiger partial charge in [0, 0.05) is 12.2 Å². The van der Waals surface area contributed by atoms with Gasteiger partial charge in [0.1, 0.15) is 0 Å². The van der Waals surface area contributed by atoms with E-state index in [2.05, 4.69) is 17.0 Å². The summed E-state index contributed by atoms with van der Waals surface area (Å²) in [7, 11) is 0. The Morgan fingerprint density at radius 1 is 1.15 bits per heavy atom. The third-order valence-corrected chi connectivity index (χ3v) is 3.78. The van der Waals surface area contributed by atoms with Gasteiger partial charge < -0.3 is 10.0 Å². The Balaban J connectivity index is 2.13. The van der Waals surface area contributed by atoms with E-state index < -0.39 is 5.97 Å². The van der Waals surface area contributed by atoms with Crippen molar-refractivity contribution < 1.29 is 9.90 Å². The Morgan fingerprint density at radius 3 is 2.75 bits per heavy atom. The summed E-state index contributed by atoms with van der Waals surface area (Å²) < 4.78 is 0. The number of aromatic carboxylic acids is 1. The molecule has 0 spiro atoms. The Kier molecular flexibility index (Phi) is 3.18. The largest absolute Gasteiger partial charge is 0.478 e.